The van der Waals surface area contributed by atoms with Gasteiger partial charge in [-0.3, -0.25) is 0 Å². The Morgan fingerprint density at radius 3 is 2.93 bits per heavy atom. The number of hydrogen-bond donors (Lipinski definition) is 2. The summed E-state index contributed by atoms with van der Waals surface area (Å²) in [5, 5.41) is 8.90. The quantitative estimate of drug-likeness (QED) is 0.770. The summed E-state index contributed by atoms with van der Waals surface area (Å²) in [7, 11) is 0. The fourth-order valence-corrected chi connectivity index (χ4v) is 1.34. The van der Waals surface area contributed by atoms with Crippen LogP contribution in [-0.4, -0.2) is 18.5 Å². The van der Waals surface area contributed by atoms with E-state index in [0.717, 1.165) is 5.56 Å². The normalized spacial score (nSPS) is 14.7. The number of halogens is 1. The second kappa shape index (κ2) is 4.50. The van der Waals surface area contributed by atoms with Gasteiger partial charge < -0.3 is 20.3 Å². The lowest BCUT2D eigenvalue weighted by Gasteiger charge is -2.10. The zero-order valence-corrected chi connectivity index (χ0v) is 8.29. The number of ether oxygens (including phenoxy) is 2. The summed E-state index contributed by atoms with van der Waals surface area (Å²) in [5.41, 5.74) is 6.47. The van der Waals surface area contributed by atoms with E-state index >= 15 is 0 Å². The van der Waals surface area contributed by atoms with Crippen molar-refractivity contribution in [3.05, 3.63) is 23.8 Å². The van der Waals surface area contributed by atoms with Crippen molar-refractivity contribution in [3.63, 3.8) is 0 Å². The van der Waals surface area contributed by atoms with Gasteiger partial charge >= 0.3 is 0 Å². The maximum atomic E-state index is 8.90. The van der Waals surface area contributed by atoms with E-state index in [9.17, 15) is 0 Å². The molecule has 5 heteroatoms. The molecule has 1 heterocycles. The molecule has 0 fully saturated rings. The Bertz CT molecular complexity index is 319. The minimum atomic E-state index is -0.406. The average Bonchev–Trinajstić information content (AvgIpc) is 2.63. The monoisotopic (exact) mass is 217 g/mol. The predicted octanol–water partition coefficient (Wildman–Crippen LogP) is 0.829. The Labute approximate surface area is 88.0 Å². The molecular weight excluding hydrogens is 206 g/mol. The van der Waals surface area contributed by atoms with E-state index in [2.05, 4.69) is 0 Å². The van der Waals surface area contributed by atoms with Gasteiger partial charge in [-0.1, -0.05) is 12.1 Å². The first kappa shape index (κ1) is 11.1. The average molecular weight is 218 g/mol. The third-order valence-electron chi connectivity index (χ3n) is 2.02. The van der Waals surface area contributed by atoms with Crippen molar-refractivity contribution in [3.8, 4) is 11.5 Å². The van der Waals surface area contributed by atoms with Gasteiger partial charge in [0, 0.05) is 5.56 Å². The van der Waals surface area contributed by atoms with E-state index in [4.69, 9.17) is 20.3 Å². The molecule has 1 aliphatic rings. The van der Waals surface area contributed by atoms with E-state index in [1.165, 1.54) is 0 Å². The van der Waals surface area contributed by atoms with Gasteiger partial charge in [0.2, 0.25) is 6.79 Å². The highest BCUT2D eigenvalue weighted by Crippen LogP contribution is 2.37. The van der Waals surface area contributed by atoms with Crippen LogP contribution in [0.1, 0.15) is 11.6 Å². The molecule has 0 saturated carbocycles. The molecule has 0 aliphatic carbocycles. The van der Waals surface area contributed by atoms with Crippen LogP contribution in [0.15, 0.2) is 18.2 Å². The summed E-state index contributed by atoms with van der Waals surface area (Å²) in [5.74, 6) is 1.35. The van der Waals surface area contributed by atoms with Crippen LogP contribution < -0.4 is 15.2 Å². The molecule has 0 radical (unpaired) electrons. The minimum absolute atomic E-state index is 0. The van der Waals surface area contributed by atoms with Crippen molar-refractivity contribution < 1.29 is 14.6 Å². The van der Waals surface area contributed by atoms with Crippen molar-refractivity contribution >= 4 is 12.4 Å². The highest BCUT2D eigenvalue weighted by atomic mass is 35.5. The molecule has 0 saturated heterocycles. The van der Waals surface area contributed by atoms with E-state index in [1.807, 2.05) is 18.2 Å². The number of rotatable bonds is 2. The lowest BCUT2D eigenvalue weighted by molar-refractivity contribution is 0.172. The Balaban J connectivity index is 0.000000980. The van der Waals surface area contributed by atoms with E-state index < -0.39 is 6.04 Å². The van der Waals surface area contributed by atoms with Crippen LogP contribution in [0.4, 0.5) is 0 Å². The number of para-hydroxylation sites is 1. The number of benzene rings is 1. The summed E-state index contributed by atoms with van der Waals surface area (Å²) < 4.78 is 10.4. The Kier molecular flexibility index (Phi) is 3.57. The molecule has 0 bridgehead atoms. The topological polar surface area (TPSA) is 64.7 Å². The number of nitrogens with two attached hydrogens (primary N) is 1. The molecule has 1 aliphatic heterocycles. The molecule has 1 aromatic carbocycles. The van der Waals surface area contributed by atoms with E-state index in [0.29, 0.717) is 11.5 Å². The summed E-state index contributed by atoms with van der Waals surface area (Å²) in [6, 6.07) is 5.07. The first-order valence-corrected chi connectivity index (χ1v) is 4.08. The fourth-order valence-electron chi connectivity index (χ4n) is 1.34. The molecule has 1 aromatic rings. The number of hydrogen-bond acceptors (Lipinski definition) is 4. The van der Waals surface area contributed by atoms with Gasteiger partial charge in [0.05, 0.1) is 12.6 Å². The van der Waals surface area contributed by atoms with Gasteiger partial charge in [-0.05, 0) is 6.07 Å². The van der Waals surface area contributed by atoms with Crippen LogP contribution in [0.2, 0.25) is 0 Å². The third kappa shape index (κ3) is 1.77. The highest BCUT2D eigenvalue weighted by Gasteiger charge is 2.20. The molecule has 2 rings (SSSR count). The van der Waals surface area contributed by atoms with Crippen LogP contribution in [-0.2, 0) is 0 Å². The highest BCUT2D eigenvalue weighted by molar-refractivity contribution is 5.85. The largest absolute Gasteiger partial charge is 0.454 e. The minimum Gasteiger partial charge on any atom is -0.454 e. The van der Waals surface area contributed by atoms with Crippen molar-refractivity contribution in [1.82, 2.24) is 0 Å². The van der Waals surface area contributed by atoms with Gasteiger partial charge in [-0.2, -0.15) is 0 Å². The maximum Gasteiger partial charge on any atom is 0.231 e. The van der Waals surface area contributed by atoms with Crippen LogP contribution in [0, 0.1) is 0 Å². The molecule has 0 aromatic heterocycles. The van der Waals surface area contributed by atoms with Crippen molar-refractivity contribution in [2.45, 2.75) is 6.04 Å². The van der Waals surface area contributed by atoms with Gasteiger partial charge in [0.15, 0.2) is 11.5 Å². The van der Waals surface area contributed by atoms with Crippen LogP contribution >= 0.6 is 12.4 Å². The maximum absolute atomic E-state index is 8.90. The standard InChI is InChI=1S/C9H11NO3.ClH/c10-7(4-11)6-2-1-3-8-9(6)13-5-12-8;/h1-3,7,11H,4-5,10H2;1H/t7-;/m0./s1. The third-order valence-corrected chi connectivity index (χ3v) is 2.02. The van der Waals surface area contributed by atoms with Crippen LogP contribution in [0.5, 0.6) is 11.5 Å². The van der Waals surface area contributed by atoms with Crippen LogP contribution in [0.25, 0.3) is 0 Å². The second-order valence-electron chi connectivity index (χ2n) is 2.87. The molecule has 4 nitrogen and oxygen atoms in total. The molecule has 0 amide bonds. The van der Waals surface area contributed by atoms with Crippen molar-refractivity contribution in [2.24, 2.45) is 5.73 Å². The molecule has 0 spiro atoms. The fraction of sp³-hybridized carbons (Fsp3) is 0.333. The SMILES string of the molecule is Cl.N[C@@H](CO)c1cccc2c1OCO2. The first-order valence-electron chi connectivity index (χ1n) is 4.08. The van der Waals surface area contributed by atoms with Crippen molar-refractivity contribution in [1.29, 1.82) is 0 Å². The lowest BCUT2D eigenvalue weighted by atomic mass is 10.1. The Morgan fingerprint density at radius 2 is 2.21 bits per heavy atom. The zero-order valence-electron chi connectivity index (χ0n) is 7.47. The molecule has 3 N–H and O–H groups in total. The molecule has 0 unspecified atom stereocenters. The molecule has 14 heavy (non-hydrogen) atoms. The van der Waals surface area contributed by atoms with Crippen molar-refractivity contribution in [2.75, 3.05) is 13.4 Å². The van der Waals surface area contributed by atoms with Gasteiger partial charge in [0.25, 0.3) is 0 Å². The van der Waals surface area contributed by atoms with E-state index in [1.54, 1.807) is 0 Å². The summed E-state index contributed by atoms with van der Waals surface area (Å²) in [4.78, 5) is 0. The summed E-state index contributed by atoms with van der Waals surface area (Å²) >= 11 is 0. The lowest BCUT2D eigenvalue weighted by Crippen LogP contribution is -2.14. The van der Waals surface area contributed by atoms with Gasteiger partial charge in [-0.25, -0.2) is 0 Å². The zero-order chi connectivity index (χ0) is 9.26. The predicted molar refractivity (Wildman–Crippen MR) is 53.8 cm³/mol. The number of aliphatic hydroxyl groups is 1. The van der Waals surface area contributed by atoms with E-state index in [-0.39, 0.29) is 25.8 Å². The molecular formula is C9H12ClNO3. The summed E-state index contributed by atoms with van der Waals surface area (Å²) in [6.45, 7) is 0.129. The molecule has 78 valence electrons. The summed E-state index contributed by atoms with van der Waals surface area (Å²) in [6.07, 6.45) is 0. The van der Waals surface area contributed by atoms with Crippen LogP contribution in [0.3, 0.4) is 0 Å². The molecule has 1 atom stereocenters. The van der Waals surface area contributed by atoms with Gasteiger partial charge in [0.1, 0.15) is 0 Å². The Morgan fingerprint density at radius 1 is 1.43 bits per heavy atom. The second-order valence-corrected chi connectivity index (χ2v) is 2.87. The first-order chi connectivity index (χ1) is 6.33. The number of aliphatic hydroxyl groups excluding tert-OH is 1. The number of fused-ring (bicyclic) bond motifs is 1. The Hall–Kier alpha value is -0.970. The van der Waals surface area contributed by atoms with Gasteiger partial charge in [-0.15, -0.1) is 12.4 Å². The smallest absolute Gasteiger partial charge is 0.231 e.